The molecular formula is C26H30N2O6. The Hall–Kier alpha value is -3.39. The van der Waals surface area contributed by atoms with Crippen LogP contribution in [0.1, 0.15) is 44.7 Å². The smallest absolute Gasteiger partial charge is 0.407 e. The van der Waals surface area contributed by atoms with Crippen molar-refractivity contribution in [1.82, 2.24) is 10.2 Å². The van der Waals surface area contributed by atoms with Crippen LogP contribution >= 0.6 is 0 Å². The first kappa shape index (κ1) is 23.8. The summed E-state index contributed by atoms with van der Waals surface area (Å²) in [6.07, 6.45) is -0.586. The topological polar surface area (TPSA) is 105 Å². The number of aliphatic carboxylic acids is 1. The molecule has 0 bridgehead atoms. The van der Waals surface area contributed by atoms with E-state index in [2.05, 4.69) is 5.32 Å². The molecule has 1 saturated heterocycles. The van der Waals surface area contributed by atoms with E-state index in [0.717, 1.165) is 22.3 Å². The summed E-state index contributed by atoms with van der Waals surface area (Å²) in [5.41, 5.74) is 1.82. The van der Waals surface area contributed by atoms with Gasteiger partial charge in [0.15, 0.2) is 0 Å². The fourth-order valence-corrected chi connectivity index (χ4v) is 4.48. The monoisotopic (exact) mass is 466 g/mol. The number of nitrogens with zero attached hydrogens (tertiary/aromatic N) is 1. The van der Waals surface area contributed by atoms with E-state index in [1.54, 1.807) is 20.8 Å². The van der Waals surface area contributed by atoms with Gasteiger partial charge >= 0.3 is 18.0 Å². The number of benzene rings is 2. The number of rotatable bonds is 7. The second-order valence-corrected chi connectivity index (χ2v) is 9.89. The van der Waals surface area contributed by atoms with E-state index >= 15 is 0 Å². The van der Waals surface area contributed by atoms with Crippen LogP contribution in [0, 0.1) is 0 Å². The Balaban J connectivity index is 1.42. The predicted molar refractivity (Wildman–Crippen MR) is 125 cm³/mol. The minimum absolute atomic E-state index is 0.0460. The largest absolute Gasteiger partial charge is 0.479 e. The van der Waals surface area contributed by atoms with E-state index in [1.165, 1.54) is 11.8 Å². The first-order chi connectivity index (χ1) is 16.0. The van der Waals surface area contributed by atoms with Crippen LogP contribution in [0.3, 0.4) is 0 Å². The summed E-state index contributed by atoms with van der Waals surface area (Å²) in [4.78, 5) is 38.7. The number of hydrogen-bond acceptors (Lipinski definition) is 6. The van der Waals surface area contributed by atoms with Gasteiger partial charge in [0.05, 0.1) is 0 Å². The minimum atomic E-state index is -1.85. The highest BCUT2D eigenvalue weighted by Gasteiger charge is 2.58. The Bertz CT molecular complexity index is 1080. The van der Waals surface area contributed by atoms with E-state index in [1.807, 2.05) is 48.5 Å². The van der Waals surface area contributed by atoms with Crippen LogP contribution in [0.5, 0.6) is 0 Å². The lowest BCUT2D eigenvalue weighted by atomic mass is 9.97. The molecule has 2 N–H and O–H groups in total. The summed E-state index contributed by atoms with van der Waals surface area (Å²) >= 11 is 0. The first-order valence-electron chi connectivity index (χ1n) is 11.3. The van der Waals surface area contributed by atoms with Gasteiger partial charge < -0.3 is 19.9 Å². The molecule has 8 heteroatoms. The highest BCUT2D eigenvalue weighted by atomic mass is 16.6. The van der Waals surface area contributed by atoms with Crippen LogP contribution in [0.15, 0.2) is 48.5 Å². The zero-order valence-electron chi connectivity index (χ0n) is 19.8. The Kier molecular flexibility index (Phi) is 6.12. The minimum Gasteiger partial charge on any atom is -0.479 e. The molecule has 3 atom stereocenters. The number of alkyl carbamates (subject to hydrolysis) is 1. The van der Waals surface area contributed by atoms with Crippen LogP contribution in [0.2, 0.25) is 0 Å². The molecule has 2 aromatic rings. The highest BCUT2D eigenvalue weighted by molar-refractivity contribution is 6.04. The molecule has 34 heavy (non-hydrogen) atoms. The maximum Gasteiger partial charge on any atom is 0.407 e. The van der Waals surface area contributed by atoms with Gasteiger partial charge in [0, 0.05) is 25.0 Å². The highest BCUT2D eigenvalue weighted by Crippen LogP contribution is 2.44. The van der Waals surface area contributed by atoms with E-state index < -0.39 is 29.2 Å². The standard InChI is InChI=1S/C26H30N2O6/c1-25(2,3)34-24(32)27-13-16-14-28(16)26(4,22(29)30)23(31)33-15-21-19-11-7-5-9-17(19)18-10-6-8-12-20(18)21/h5-12,16,21H,13-15H2,1-4H3,(H,27,32)(H,29,30)/t16?,26-,28?/m1/s1. The third-order valence-corrected chi connectivity index (χ3v) is 6.33. The van der Waals surface area contributed by atoms with Crippen molar-refractivity contribution in [1.29, 1.82) is 0 Å². The Morgan fingerprint density at radius 1 is 1.00 bits per heavy atom. The van der Waals surface area contributed by atoms with E-state index in [-0.39, 0.29) is 25.1 Å². The average molecular weight is 467 g/mol. The lowest BCUT2D eigenvalue weighted by molar-refractivity contribution is -0.166. The SMILES string of the molecule is CC(C)(C)OC(=O)NCC1CN1[C@](C)(C(=O)O)C(=O)OCC1c2ccccc2-c2ccccc21. The lowest BCUT2D eigenvalue weighted by Crippen LogP contribution is -2.53. The van der Waals surface area contributed by atoms with E-state index in [0.29, 0.717) is 6.54 Å². The number of ether oxygens (including phenoxy) is 2. The fraction of sp³-hybridized carbons (Fsp3) is 0.423. The summed E-state index contributed by atoms with van der Waals surface area (Å²) in [5.74, 6) is -2.26. The van der Waals surface area contributed by atoms with Crippen molar-refractivity contribution in [2.75, 3.05) is 19.7 Å². The normalized spacial score (nSPS) is 20.5. The van der Waals surface area contributed by atoms with Crippen molar-refractivity contribution in [3.63, 3.8) is 0 Å². The molecule has 1 aliphatic heterocycles. The Labute approximate surface area is 198 Å². The van der Waals surface area contributed by atoms with Gasteiger partial charge in [-0.05, 0) is 49.9 Å². The number of carboxylic acids is 1. The van der Waals surface area contributed by atoms with Gasteiger partial charge in [-0.3, -0.25) is 4.90 Å². The summed E-state index contributed by atoms with van der Waals surface area (Å²) in [5, 5.41) is 12.5. The number of hydrogen-bond donors (Lipinski definition) is 2. The van der Waals surface area contributed by atoms with Gasteiger partial charge in [-0.1, -0.05) is 48.5 Å². The van der Waals surface area contributed by atoms with Crippen molar-refractivity contribution >= 4 is 18.0 Å². The molecule has 2 aliphatic rings. The van der Waals surface area contributed by atoms with Crippen molar-refractivity contribution in [3.8, 4) is 11.1 Å². The molecule has 0 aromatic heterocycles. The molecule has 8 nitrogen and oxygen atoms in total. The molecule has 0 radical (unpaired) electrons. The van der Waals surface area contributed by atoms with Crippen LogP contribution in [0.4, 0.5) is 4.79 Å². The fourth-order valence-electron chi connectivity index (χ4n) is 4.48. The molecule has 0 spiro atoms. The van der Waals surface area contributed by atoms with Crippen LogP contribution in [-0.4, -0.2) is 64.9 Å². The summed E-state index contributed by atoms with van der Waals surface area (Å²) < 4.78 is 10.8. The van der Waals surface area contributed by atoms with Crippen LogP contribution < -0.4 is 5.32 Å². The number of carbonyl (C=O) groups excluding carboxylic acids is 2. The van der Waals surface area contributed by atoms with Gasteiger partial charge in [0.25, 0.3) is 0 Å². The molecule has 2 aromatic carbocycles. The van der Waals surface area contributed by atoms with E-state index in [4.69, 9.17) is 9.47 Å². The molecule has 180 valence electrons. The van der Waals surface area contributed by atoms with Crippen LogP contribution in [-0.2, 0) is 19.1 Å². The van der Waals surface area contributed by atoms with Crippen molar-refractivity contribution in [2.45, 2.75) is 50.8 Å². The zero-order chi connectivity index (χ0) is 24.7. The maximum absolute atomic E-state index is 13.1. The van der Waals surface area contributed by atoms with Crippen LogP contribution in [0.25, 0.3) is 11.1 Å². The number of fused-ring (bicyclic) bond motifs is 3. The van der Waals surface area contributed by atoms with E-state index in [9.17, 15) is 19.5 Å². The molecule has 1 aliphatic carbocycles. The molecular weight excluding hydrogens is 436 g/mol. The number of carboxylic acid groups (broad SMARTS) is 1. The molecule has 4 rings (SSSR count). The molecule has 2 unspecified atom stereocenters. The van der Waals surface area contributed by atoms with Gasteiger partial charge in [-0.25, -0.2) is 14.4 Å². The second-order valence-electron chi connectivity index (χ2n) is 9.89. The number of nitrogens with one attached hydrogen (secondary N) is 1. The molecule has 1 fully saturated rings. The number of carbonyl (C=O) groups is 3. The van der Waals surface area contributed by atoms with Gasteiger partial charge in [0.2, 0.25) is 5.54 Å². The summed E-state index contributed by atoms with van der Waals surface area (Å²) in [6.45, 7) is 7.20. The Morgan fingerprint density at radius 3 is 2.09 bits per heavy atom. The van der Waals surface area contributed by atoms with Gasteiger partial charge in [-0.15, -0.1) is 0 Å². The summed E-state index contributed by atoms with van der Waals surface area (Å²) in [6, 6.07) is 15.6. The number of amides is 1. The Morgan fingerprint density at radius 2 is 1.56 bits per heavy atom. The second kappa shape index (κ2) is 8.76. The number of esters is 1. The third kappa shape index (κ3) is 4.50. The summed E-state index contributed by atoms with van der Waals surface area (Å²) in [7, 11) is 0. The average Bonchev–Trinajstić information content (AvgIpc) is 3.50. The molecule has 1 heterocycles. The third-order valence-electron chi connectivity index (χ3n) is 6.33. The predicted octanol–water partition coefficient (Wildman–Crippen LogP) is 3.39. The first-order valence-corrected chi connectivity index (χ1v) is 11.3. The zero-order valence-corrected chi connectivity index (χ0v) is 19.8. The molecule has 1 amide bonds. The van der Waals surface area contributed by atoms with Crippen molar-refractivity contribution in [3.05, 3.63) is 59.7 Å². The van der Waals surface area contributed by atoms with Gasteiger partial charge in [0.1, 0.15) is 12.2 Å². The maximum atomic E-state index is 13.1. The van der Waals surface area contributed by atoms with Crippen molar-refractivity contribution in [2.24, 2.45) is 0 Å². The quantitative estimate of drug-likeness (QED) is 0.366. The molecule has 0 saturated carbocycles. The van der Waals surface area contributed by atoms with Crippen molar-refractivity contribution < 1.29 is 29.0 Å². The lowest BCUT2D eigenvalue weighted by Gasteiger charge is -2.26. The van der Waals surface area contributed by atoms with Gasteiger partial charge in [-0.2, -0.15) is 0 Å².